The van der Waals surface area contributed by atoms with E-state index in [1.165, 1.54) is 6.21 Å². The van der Waals surface area contributed by atoms with Gasteiger partial charge in [-0.3, -0.25) is 0 Å². The van der Waals surface area contributed by atoms with Crippen LogP contribution < -0.4 is 10.7 Å². The van der Waals surface area contributed by atoms with Crippen molar-refractivity contribution in [1.82, 2.24) is 5.43 Å². The van der Waals surface area contributed by atoms with Crippen molar-refractivity contribution in [2.75, 3.05) is 5.32 Å². The van der Waals surface area contributed by atoms with Crippen LogP contribution in [0, 0.1) is 0 Å². The Balaban J connectivity index is 1.93. The van der Waals surface area contributed by atoms with Crippen molar-refractivity contribution in [1.29, 1.82) is 0 Å². The lowest BCUT2D eigenvalue weighted by Gasteiger charge is -2.04. The van der Waals surface area contributed by atoms with Gasteiger partial charge in [0.2, 0.25) is 0 Å². The number of halogens is 3. The zero-order valence-corrected chi connectivity index (χ0v) is 12.9. The molecule has 7 heteroatoms. The SMILES string of the molecule is O=C(N/N=C\c1cccc(Cl)c1Cl)Nc1ccc(Cl)cc1. The van der Waals surface area contributed by atoms with Gasteiger partial charge in [-0.05, 0) is 30.3 Å². The molecule has 2 rings (SSSR count). The number of anilines is 1. The van der Waals surface area contributed by atoms with Gasteiger partial charge in [-0.2, -0.15) is 5.10 Å². The fourth-order valence-corrected chi connectivity index (χ4v) is 1.96. The average Bonchev–Trinajstić information content (AvgIpc) is 2.46. The first-order chi connectivity index (χ1) is 10.1. The third kappa shape index (κ3) is 4.63. The molecule has 0 aromatic heterocycles. The summed E-state index contributed by atoms with van der Waals surface area (Å²) in [4.78, 5) is 11.6. The van der Waals surface area contributed by atoms with Crippen molar-refractivity contribution in [2.24, 2.45) is 5.10 Å². The van der Waals surface area contributed by atoms with E-state index in [2.05, 4.69) is 15.8 Å². The van der Waals surface area contributed by atoms with Crippen molar-refractivity contribution in [3.05, 3.63) is 63.1 Å². The fraction of sp³-hybridized carbons (Fsp3) is 0. The summed E-state index contributed by atoms with van der Waals surface area (Å²) >= 11 is 17.6. The normalized spacial score (nSPS) is 10.6. The van der Waals surface area contributed by atoms with Crippen LogP contribution >= 0.6 is 34.8 Å². The highest BCUT2D eigenvalue weighted by molar-refractivity contribution is 6.43. The van der Waals surface area contributed by atoms with Gasteiger partial charge in [0.25, 0.3) is 0 Å². The fourth-order valence-electron chi connectivity index (χ4n) is 1.47. The average molecular weight is 343 g/mol. The number of hydrazone groups is 1. The lowest BCUT2D eigenvalue weighted by Crippen LogP contribution is -2.24. The lowest BCUT2D eigenvalue weighted by molar-refractivity contribution is 0.252. The summed E-state index contributed by atoms with van der Waals surface area (Å²) in [7, 11) is 0. The maximum atomic E-state index is 11.6. The molecule has 0 radical (unpaired) electrons. The molecule has 0 aliphatic heterocycles. The van der Waals surface area contributed by atoms with Crippen LogP contribution in [0.25, 0.3) is 0 Å². The van der Waals surface area contributed by atoms with Crippen LogP contribution in [0.5, 0.6) is 0 Å². The van der Waals surface area contributed by atoms with Crippen LogP contribution in [-0.2, 0) is 0 Å². The Hall–Kier alpha value is -1.75. The highest BCUT2D eigenvalue weighted by Crippen LogP contribution is 2.24. The molecule has 0 saturated heterocycles. The minimum Gasteiger partial charge on any atom is -0.307 e. The molecule has 108 valence electrons. The van der Waals surface area contributed by atoms with Crippen LogP contribution in [-0.4, -0.2) is 12.2 Å². The van der Waals surface area contributed by atoms with Crippen LogP contribution in [0.1, 0.15) is 5.56 Å². The molecule has 2 N–H and O–H groups in total. The molecular weight excluding hydrogens is 333 g/mol. The summed E-state index contributed by atoms with van der Waals surface area (Å²) in [6.45, 7) is 0. The third-order valence-electron chi connectivity index (χ3n) is 2.45. The number of nitrogens with zero attached hydrogens (tertiary/aromatic N) is 1. The highest BCUT2D eigenvalue weighted by atomic mass is 35.5. The van der Waals surface area contributed by atoms with Crippen molar-refractivity contribution >= 4 is 52.7 Å². The van der Waals surface area contributed by atoms with Crippen molar-refractivity contribution in [2.45, 2.75) is 0 Å². The molecule has 0 spiro atoms. The maximum Gasteiger partial charge on any atom is 0.339 e. The molecule has 2 aromatic rings. The van der Waals surface area contributed by atoms with Gasteiger partial charge >= 0.3 is 6.03 Å². The molecule has 2 aromatic carbocycles. The number of nitrogens with one attached hydrogen (secondary N) is 2. The third-order valence-corrected chi connectivity index (χ3v) is 3.54. The number of amides is 2. The van der Waals surface area contributed by atoms with E-state index in [1.807, 2.05) is 0 Å². The molecule has 0 aliphatic rings. The number of urea groups is 1. The largest absolute Gasteiger partial charge is 0.339 e. The van der Waals surface area contributed by atoms with Gasteiger partial charge < -0.3 is 5.32 Å². The maximum absolute atomic E-state index is 11.6. The molecule has 0 aliphatic carbocycles. The van der Waals surface area contributed by atoms with E-state index in [0.29, 0.717) is 26.3 Å². The van der Waals surface area contributed by atoms with Gasteiger partial charge in [0.05, 0.1) is 16.3 Å². The second-order valence-corrected chi connectivity index (χ2v) is 5.20. The lowest BCUT2D eigenvalue weighted by atomic mass is 10.2. The number of hydrogen-bond donors (Lipinski definition) is 2. The van der Waals surface area contributed by atoms with E-state index in [9.17, 15) is 4.79 Å². The van der Waals surface area contributed by atoms with E-state index in [-0.39, 0.29) is 0 Å². The van der Waals surface area contributed by atoms with Crippen molar-refractivity contribution in [3.8, 4) is 0 Å². The summed E-state index contributed by atoms with van der Waals surface area (Å²) in [5.74, 6) is 0. The van der Waals surface area contributed by atoms with Gasteiger partial charge in [0, 0.05) is 16.3 Å². The summed E-state index contributed by atoms with van der Waals surface area (Å²) in [5, 5.41) is 7.79. The predicted octanol–water partition coefficient (Wildman–Crippen LogP) is 4.80. The number of rotatable bonds is 3. The molecule has 0 bridgehead atoms. The minimum atomic E-state index is -0.480. The molecule has 21 heavy (non-hydrogen) atoms. The number of benzene rings is 2. The summed E-state index contributed by atoms with van der Waals surface area (Å²) in [6.07, 6.45) is 1.41. The molecule has 0 atom stereocenters. The summed E-state index contributed by atoms with van der Waals surface area (Å²) in [5.41, 5.74) is 3.54. The zero-order valence-electron chi connectivity index (χ0n) is 10.6. The van der Waals surface area contributed by atoms with E-state index in [1.54, 1.807) is 42.5 Å². The molecular formula is C14H10Cl3N3O. The van der Waals surface area contributed by atoms with E-state index in [4.69, 9.17) is 34.8 Å². The second-order valence-electron chi connectivity index (χ2n) is 3.97. The smallest absolute Gasteiger partial charge is 0.307 e. The molecule has 0 unspecified atom stereocenters. The van der Waals surface area contributed by atoms with Gasteiger partial charge in [0.15, 0.2) is 0 Å². The monoisotopic (exact) mass is 341 g/mol. The zero-order chi connectivity index (χ0) is 15.2. The van der Waals surface area contributed by atoms with Crippen LogP contribution in [0.15, 0.2) is 47.6 Å². The quantitative estimate of drug-likeness (QED) is 0.611. The number of carbonyl (C=O) groups excluding carboxylic acids is 1. The first-order valence-corrected chi connectivity index (χ1v) is 6.99. The Kier molecular flexibility index (Phi) is 5.44. The van der Waals surface area contributed by atoms with Crippen LogP contribution in [0.2, 0.25) is 15.1 Å². The molecule has 0 fully saturated rings. The van der Waals surface area contributed by atoms with E-state index in [0.717, 1.165) is 0 Å². The highest BCUT2D eigenvalue weighted by Gasteiger charge is 2.02. The van der Waals surface area contributed by atoms with E-state index >= 15 is 0 Å². The Morgan fingerprint density at radius 2 is 1.76 bits per heavy atom. The first-order valence-electron chi connectivity index (χ1n) is 5.86. The van der Waals surface area contributed by atoms with Crippen molar-refractivity contribution in [3.63, 3.8) is 0 Å². The van der Waals surface area contributed by atoms with Gasteiger partial charge in [-0.1, -0.05) is 46.9 Å². The first kappa shape index (κ1) is 15.6. The predicted molar refractivity (Wildman–Crippen MR) is 87.7 cm³/mol. The van der Waals surface area contributed by atoms with Crippen LogP contribution in [0.3, 0.4) is 0 Å². The van der Waals surface area contributed by atoms with Gasteiger partial charge in [-0.15, -0.1) is 0 Å². The molecule has 2 amide bonds. The van der Waals surface area contributed by atoms with Crippen molar-refractivity contribution < 1.29 is 4.79 Å². The number of carbonyl (C=O) groups is 1. The molecule has 4 nitrogen and oxygen atoms in total. The Labute approximate surface area is 136 Å². The standard InChI is InChI=1S/C14H10Cl3N3O/c15-10-4-6-11(7-5-10)19-14(21)20-18-8-9-2-1-3-12(16)13(9)17/h1-8H,(H2,19,20,21)/b18-8-. The minimum absolute atomic E-state index is 0.378. The van der Waals surface area contributed by atoms with E-state index < -0.39 is 6.03 Å². The molecule has 0 heterocycles. The molecule has 0 saturated carbocycles. The Bertz CT molecular complexity index is 672. The topological polar surface area (TPSA) is 53.5 Å². The Morgan fingerprint density at radius 1 is 1.05 bits per heavy atom. The van der Waals surface area contributed by atoms with Crippen LogP contribution in [0.4, 0.5) is 10.5 Å². The van der Waals surface area contributed by atoms with Gasteiger partial charge in [0.1, 0.15) is 0 Å². The number of hydrogen-bond acceptors (Lipinski definition) is 2. The van der Waals surface area contributed by atoms with Gasteiger partial charge in [-0.25, -0.2) is 10.2 Å². The Morgan fingerprint density at radius 3 is 2.48 bits per heavy atom. The summed E-state index contributed by atoms with van der Waals surface area (Å²) < 4.78 is 0. The summed E-state index contributed by atoms with van der Waals surface area (Å²) in [6, 6.07) is 11.4. The second kappa shape index (κ2) is 7.31.